The van der Waals surface area contributed by atoms with Crippen LogP contribution in [0.25, 0.3) is 5.69 Å². The lowest BCUT2D eigenvalue weighted by Crippen LogP contribution is -2.36. The van der Waals surface area contributed by atoms with Crippen LogP contribution in [-0.4, -0.2) is 42.4 Å². The molecule has 2 N–H and O–H groups in total. The highest BCUT2D eigenvalue weighted by Crippen LogP contribution is 2.20. The highest BCUT2D eigenvalue weighted by atomic mass is 19.1. The van der Waals surface area contributed by atoms with Gasteiger partial charge in [-0.25, -0.2) is 9.37 Å². The summed E-state index contributed by atoms with van der Waals surface area (Å²) in [6.45, 7) is 6.69. The average Bonchev–Trinajstić information content (AvgIpc) is 3.32. The molecule has 3 rings (SSSR count). The van der Waals surface area contributed by atoms with Crippen LogP contribution in [0.5, 0.6) is 5.75 Å². The largest absolute Gasteiger partial charge is 0.491 e. The molecule has 0 unspecified atom stereocenters. The molecule has 1 aromatic heterocycles. The quantitative estimate of drug-likeness (QED) is 0.287. The predicted octanol–water partition coefficient (Wildman–Crippen LogP) is 3.60. The number of hydrogen-bond donors (Lipinski definition) is 2. The highest BCUT2D eigenvalue weighted by Gasteiger charge is 2.08. The number of ether oxygens (including phenoxy) is 2. The molecule has 0 fully saturated rings. The van der Waals surface area contributed by atoms with Gasteiger partial charge in [0.25, 0.3) is 0 Å². The molecule has 0 bridgehead atoms. The molecule has 0 saturated heterocycles. The number of halogens is 1. The molecule has 0 saturated carbocycles. The van der Waals surface area contributed by atoms with Crippen LogP contribution in [0, 0.1) is 12.7 Å². The molecule has 2 aromatic carbocycles. The lowest BCUT2D eigenvalue weighted by atomic mass is 10.1. The molecule has 0 atom stereocenters. The molecular weight excluding hydrogens is 409 g/mol. The smallest absolute Gasteiger partial charge is 0.191 e. The molecule has 0 aliphatic rings. The Hall–Kier alpha value is -3.39. The van der Waals surface area contributed by atoms with Crippen LogP contribution in [0.4, 0.5) is 4.39 Å². The van der Waals surface area contributed by atoms with E-state index in [9.17, 15) is 4.39 Å². The van der Waals surface area contributed by atoms with Crippen molar-refractivity contribution in [2.45, 2.75) is 26.9 Å². The Morgan fingerprint density at radius 2 is 1.97 bits per heavy atom. The van der Waals surface area contributed by atoms with Crippen molar-refractivity contribution in [3.05, 3.63) is 77.6 Å². The fourth-order valence-corrected chi connectivity index (χ4v) is 3.15. The van der Waals surface area contributed by atoms with E-state index in [0.29, 0.717) is 44.6 Å². The number of aromatic nitrogens is 2. The van der Waals surface area contributed by atoms with Gasteiger partial charge < -0.3 is 24.7 Å². The van der Waals surface area contributed by atoms with Gasteiger partial charge in [0.15, 0.2) is 5.96 Å². The summed E-state index contributed by atoms with van der Waals surface area (Å²) in [5.41, 5.74) is 3.42. The van der Waals surface area contributed by atoms with Gasteiger partial charge >= 0.3 is 0 Å². The molecule has 0 aliphatic heterocycles. The number of rotatable bonds is 10. The maximum absolute atomic E-state index is 14.5. The van der Waals surface area contributed by atoms with E-state index in [0.717, 1.165) is 22.4 Å². The summed E-state index contributed by atoms with van der Waals surface area (Å²) in [6.07, 6.45) is 4.90. The third-order valence-corrected chi connectivity index (χ3v) is 4.84. The zero-order chi connectivity index (χ0) is 22.8. The average molecular weight is 440 g/mol. The van der Waals surface area contributed by atoms with E-state index in [4.69, 9.17) is 9.47 Å². The summed E-state index contributed by atoms with van der Waals surface area (Å²) in [5.74, 6) is 1.13. The summed E-state index contributed by atoms with van der Waals surface area (Å²) in [5, 5.41) is 6.51. The summed E-state index contributed by atoms with van der Waals surface area (Å²) >= 11 is 0. The van der Waals surface area contributed by atoms with Crippen LogP contribution in [0.15, 0.2) is 60.1 Å². The second-order valence-corrected chi connectivity index (χ2v) is 7.19. The normalized spacial score (nSPS) is 11.4. The molecule has 32 heavy (non-hydrogen) atoms. The Morgan fingerprint density at radius 3 is 2.69 bits per heavy atom. The monoisotopic (exact) mass is 439 g/mol. The lowest BCUT2D eigenvalue weighted by molar-refractivity contribution is 0.110. The first-order valence-electron chi connectivity index (χ1n) is 10.6. The van der Waals surface area contributed by atoms with E-state index >= 15 is 0 Å². The maximum atomic E-state index is 14.5. The van der Waals surface area contributed by atoms with Crippen LogP contribution < -0.4 is 15.4 Å². The standard InChI is InChI=1S/C24H30FN5O2/c1-4-31-11-12-32-23-13-18(2)5-7-20(23)16-29-24(26-3)28-15-19-6-8-22(21(25)14-19)30-10-9-27-17-30/h5-10,13-14,17H,4,11-12,15-16H2,1-3H3,(H2,26,28,29). The number of nitrogens with one attached hydrogen (secondary N) is 2. The third kappa shape index (κ3) is 6.55. The van der Waals surface area contributed by atoms with E-state index in [-0.39, 0.29) is 5.82 Å². The highest BCUT2D eigenvalue weighted by molar-refractivity contribution is 5.79. The van der Waals surface area contributed by atoms with Gasteiger partial charge in [0.05, 0.1) is 18.6 Å². The Balaban J connectivity index is 1.56. The summed E-state index contributed by atoms with van der Waals surface area (Å²) < 4.78 is 27.4. The first-order valence-corrected chi connectivity index (χ1v) is 10.6. The van der Waals surface area contributed by atoms with Crippen LogP contribution in [0.2, 0.25) is 0 Å². The minimum absolute atomic E-state index is 0.307. The van der Waals surface area contributed by atoms with E-state index in [1.807, 2.05) is 38.1 Å². The van der Waals surface area contributed by atoms with Crippen LogP contribution >= 0.6 is 0 Å². The topological polar surface area (TPSA) is 72.7 Å². The van der Waals surface area contributed by atoms with Crippen molar-refractivity contribution in [3.63, 3.8) is 0 Å². The molecule has 0 spiro atoms. The van der Waals surface area contributed by atoms with Gasteiger partial charge in [-0.3, -0.25) is 4.99 Å². The Labute approximate surface area is 188 Å². The molecule has 0 aliphatic carbocycles. The van der Waals surface area contributed by atoms with E-state index in [1.165, 1.54) is 6.07 Å². The van der Waals surface area contributed by atoms with E-state index < -0.39 is 0 Å². The van der Waals surface area contributed by atoms with Crippen molar-refractivity contribution >= 4 is 5.96 Å². The van der Waals surface area contributed by atoms with Crippen molar-refractivity contribution in [2.24, 2.45) is 4.99 Å². The van der Waals surface area contributed by atoms with Gasteiger partial charge in [-0.15, -0.1) is 0 Å². The fraction of sp³-hybridized carbons (Fsp3) is 0.333. The van der Waals surface area contributed by atoms with Crippen molar-refractivity contribution in [2.75, 3.05) is 26.9 Å². The number of imidazole rings is 1. The number of guanidine groups is 1. The molecule has 7 nitrogen and oxygen atoms in total. The SMILES string of the molecule is CCOCCOc1cc(C)ccc1CNC(=NC)NCc1ccc(-n2ccnc2)c(F)c1. The number of aryl methyl sites for hydroxylation is 1. The first kappa shape index (κ1) is 23.3. The zero-order valence-corrected chi connectivity index (χ0v) is 18.8. The predicted molar refractivity (Wildman–Crippen MR) is 124 cm³/mol. The Kier molecular flexibility index (Phi) is 8.62. The third-order valence-electron chi connectivity index (χ3n) is 4.84. The molecule has 3 aromatic rings. The summed E-state index contributed by atoms with van der Waals surface area (Å²) in [7, 11) is 1.70. The second kappa shape index (κ2) is 11.9. The van der Waals surface area contributed by atoms with Crippen LogP contribution in [-0.2, 0) is 17.8 Å². The number of hydrogen-bond acceptors (Lipinski definition) is 4. The maximum Gasteiger partial charge on any atom is 0.191 e. The molecule has 1 heterocycles. The van der Waals surface area contributed by atoms with E-state index in [2.05, 4.69) is 20.6 Å². The molecular formula is C24H30FN5O2. The minimum atomic E-state index is -0.307. The van der Waals surface area contributed by atoms with Gasteiger partial charge in [0, 0.05) is 44.7 Å². The zero-order valence-electron chi connectivity index (χ0n) is 18.8. The Bertz CT molecular complexity index is 1020. The van der Waals surface area contributed by atoms with Crippen molar-refractivity contribution < 1.29 is 13.9 Å². The van der Waals surface area contributed by atoms with Gasteiger partial charge in [0.1, 0.15) is 18.2 Å². The van der Waals surface area contributed by atoms with Gasteiger partial charge in [-0.1, -0.05) is 18.2 Å². The first-order chi connectivity index (χ1) is 15.6. The van der Waals surface area contributed by atoms with Crippen molar-refractivity contribution in [3.8, 4) is 11.4 Å². The van der Waals surface area contributed by atoms with Crippen molar-refractivity contribution in [1.82, 2.24) is 20.2 Å². The minimum Gasteiger partial charge on any atom is -0.491 e. The van der Waals surface area contributed by atoms with Gasteiger partial charge in [0.2, 0.25) is 0 Å². The molecule has 0 radical (unpaired) electrons. The van der Waals surface area contributed by atoms with Crippen LogP contribution in [0.3, 0.4) is 0 Å². The number of benzene rings is 2. The number of aliphatic imine (C=N–C) groups is 1. The lowest BCUT2D eigenvalue weighted by Gasteiger charge is -2.16. The number of nitrogens with zero attached hydrogens (tertiary/aromatic N) is 3. The summed E-state index contributed by atoms with van der Waals surface area (Å²) in [6, 6.07) is 11.2. The van der Waals surface area contributed by atoms with E-state index in [1.54, 1.807) is 36.4 Å². The van der Waals surface area contributed by atoms with Crippen LogP contribution in [0.1, 0.15) is 23.6 Å². The summed E-state index contributed by atoms with van der Waals surface area (Å²) in [4.78, 5) is 8.22. The molecule has 170 valence electrons. The Morgan fingerprint density at radius 1 is 1.12 bits per heavy atom. The molecule has 8 heteroatoms. The van der Waals surface area contributed by atoms with Gasteiger partial charge in [-0.2, -0.15) is 0 Å². The van der Waals surface area contributed by atoms with Crippen molar-refractivity contribution in [1.29, 1.82) is 0 Å². The second-order valence-electron chi connectivity index (χ2n) is 7.19. The fourth-order valence-electron chi connectivity index (χ4n) is 3.15. The molecule has 0 amide bonds. The van der Waals surface area contributed by atoms with Gasteiger partial charge in [-0.05, 0) is 43.2 Å².